The van der Waals surface area contributed by atoms with Gasteiger partial charge in [-0.1, -0.05) is 42.5 Å². The monoisotopic (exact) mass is 387 g/mol. The number of aryl methyl sites for hydroxylation is 1. The lowest BCUT2D eigenvalue weighted by atomic mass is 10.2. The molecule has 0 spiro atoms. The molecule has 7 heteroatoms. The second-order valence-corrected chi connectivity index (χ2v) is 6.76. The molecule has 146 valence electrons. The van der Waals surface area contributed by atoms with Gasteiger partial charge in [-0.2, -0.15) is 5.10 Å². The number of aromatic amines is 1. The summed E-state index contributed by atoms with van der Waals surface area (Å²) in [5.74, 6) is 0.603. The quantitative estimate of drug-likeness (QED) is 0.477. The van der Waals surface area contributed by atoms with Crippen LogP contribution in [0.4, 0.5) is 0 Å². The minimum Gasteiger partial charge on any atom is -0.351 e. The fourth-order valence-electron chi connectivity index (χ4n) is 3.11. The zero-order valence-corrected chi connectivity index (χ0v) is 15.8. The van der Waals surface area contributed by atoms with Crippen LogP contribution in [0, 0.1) is 0 Å². The Labute approximate surface area is 167 Å². The number of aromatic nitrogens is 4. The van der Waals surface area contributed by atoms with Crippen LogP contribution >= 0.6 is 0 Å². The number of imidazole rings is 1. The van der Waals surface area contributed by atoms with Gasteiger partial charge in [0.2, 0.25) is 0 Å². The maximum atomic E-state index is 12.4. The van der Waals surface area contributed by atoms with Crippen LogP contribution < -0.4 is 10.9 Å². The van der Waals surface area contributed by atoms with Crippen molar-refractivity contribution in [2.24, 2.45) is 0 Å². The smallest absolute Gasteiger partial charge is 0.271 e. The summed E-state index contributed by atoms with van der Waals surface area (Å²) in [5.41, 5.74) is 2.89. The molecule has 0 fully saturated rings. The van der Waals surface area contributed by atoms with Gasteiger partial charge in [-0.15, -0.1) is 0 Å². The molecule has 0 saturated heterocycles. The van der Waals surface area contributed by atoms with Gasteiger partial charge in [0.15, 0.2) is 0 Å². The zero-order valence-electron chi connectivity index (χ0n) is 15.8. The Kier molecular flexibility index (Phi) is 5.47. The number of hydrogen-bond donors (Lipinski definition) is 2. The Bertz CT molecular complexity index is 1150. The lowest BCUT2D eigenvalue weighted by Crippen LogP contribution is -2.30. The van der Waals surface area contributed by atoms with Crippen LogP contribution in [0.1, 0.15) is 28.3 Å². The molecule has 29 heavy (non-hydrogen) atoms. The fourth-order valence-corrected chi connectivity index (χ4v) is 3.11. The number of carbonyl (C=O) groups is 1. The van der Waals surface area contributed by atoms with Crippen molar-refractivity contribution in [3.63, 3.8) is 0 Å². The number of hydrogen-bond acceptors (Lipinski definition) is 4. The second-order valence-electron chi connectivity index (χ2n) is 6.76. The molecule has 0 atom stereocenters. The number of benzene rings is 2. The van der Waals surface area contributed by atoms with Gasteiger partial charge in [0, 0.05) is 19.0 Å². The summed E-state index contributed by atoms with van der Waals surface area (Å²) < 4.78 is 1.30. The summed E-state index contributed by atoms with van der Waals surface area (Å²) >= 11 is 0. The SMILES string of the molecule is O=C(NCCCc1nc2ccccc2[nH]1)c1ccc(=O)n(Cc2ccccc2)n1. The van der Waals surface area contributed by atoms with Gasteiger partial charge in [-0.05, 0) is 30.2 Å². The molecule has 2 heterocycles. The number of fused-ring (bicyclic) bond motifs is 1. The normalized spacial score (nSPS) is 10.9. The zero-order chi connectivity index (χ0) is 20.1. The number of H-pyrrole nitrogens is 1. The Hall–Kier alpha value is -3.74. The Morgan fingerprint density at radius 2 is 1.79 bits per heavy atom. The first-order chi connectivity index (χ1) is 14.2. The molecule has 0 aliphatic carbocycles. The third-order valence-electron chi connectivity index (χ3n) is 4.59. The molecule has 0 aliphatic rings. The first-order valence-corrected chi connectivity index (χ1v) is 9.53. The largest absolute Gasteiger partial charge is 0.351 e. The highest BCUT2D eigenvalue weighted by Crippen LogP contribution is 2.11. The van der Waals surface area contributed by atoms with Gasteiger partial charge < -0.3 is 10.3 Å². The predicted molar refractivity (Wildman–Crippen MR) is 111 cm³/mol. The van der Waals surface area contributed by atoms with Crippen LogP contribution in [0.15, 0.2) is 71.5 Å². The number of nitrogens with zero attached hydrogens (tertiary/aromatic N) is 3. The highest BCUT2D eigenvalue weighted by molar-refractivity contribution is 5.91. The average molecular weight is 387 g/mol. The van der Waals surface area contributed by atoms with E-state index in [0.29, 0.717) is 13.1 Å². The van der Waals surface area contributed by atoms with Crippen molar-refractivity contribution >= 4 is 16.9 Å². The molecule has 2 aromatic carbocycles. The van der Waals surface area contributed by atoms with E-state index in [4.69, 9.17) is 0 Å². The summed E-state index contributed by atoms with van der Waals surface area (Å²) in [7, 11) is 0. The van der Waals surface area contributed by atoms with E-state index in [0.717, 1.165) is 35.3 Å². The lowest BCUT2D eigenvalue weighted by Gasteiger charge is -2.08. The molecule has 0 unspecified atom stereocenters. The van der Waals surface area contributed by atoms with Crippen LogP contribution in [0.2, 0.25) is 0 Å². The number of amides is 1. The number of carbonyl (C=O) groups excluding carboxylic acids is 1. The molecule has 0 aliphatic heterocycles. The van der Waals surface area contributed by atoms with E-state index in [1.165, 1.54) is 16.8 Å². The molecule has 4 rings (SSSR count). The van der Waals surface area contributed by atoms with E-state index in [1.807, 2.05) is 54.6 Å². The van der Waals surface area contributed by atoms with Crippen LogP contribution in [-0.4, -0.2) is 32.2 Å². The first kappa shape index (κ1) is 18.6. The summed E-state index contributed by atoms with van der Waals surface area (Å²) in [6.07, 6.45) is 1.48. The van der Waals surface area contributed by atoms with E-state index in [1.54, 1.807) is 0 Å². The highest BCUT2D eigenvalue weighted by Gasteiger charge is 2.10. The van der Waals surface area contributed by atoms with Crippen LogP contribution in [0.25, 0.3) is 11.0 Å². The van der Waals surface area contributed by atoms with Crippen molar-refractivity contribution in [2.75, 3.05) is 6.54 Å². The molecule has 2 N–H and O–H groups in total. The molecule has 4 aromatic rings. The van der Waals surface area contributed by atoms with Gasteiger partial charge in [0.05, 0.1) is 17.6 Å². The molecular formula is C22H21N5O2. The molecule has 0 radical (unpaired) electrons. The van der Waals surface area contributed by atoms with E-state index in [2.05, 4.69) is 20.4 Å². The van der Waals surface area contributed by atoms with Crippen molar-refractivity contribution in [3.8, 4) is 0 Å². The number of para-hydroxylation sites is 2. The number of rotatable bonds is 7. The van der Waals surface area contributed by atoms with Crippen LogP contribution in [0.3, 0.4) is 0 Å². The summed E-state index contributed by atoms with van der Waals surface area (Å²) in [4.78, 5) is 32.3. The van der Waals surface area contributed by atoms with E-state index < -0.39 is 0 Å². The fraction of sp³-hybridized carbons (Fsp3) is 0.182. The molecule has 7 nitrogen and oxygen atoms in total. The maximum Gasteiger partial charge on any atom is 0.271 e. The molecular weight excluding hydrogens is 366 g/mol. The Morgan fingerprint density at radius 3 is 2.62 bits per heavy atom. The van der Waals surface area contributed by atoms with Crippen LogP contribution in [0.5, 0.6) is 0 Å². The average Bonchev–Trinajstić information content (AvgIpc) is 3.16. The molecule has 1 amide bonds. The van der Waals surface area contributed by atoms with Crippen molar-refractivity contribution in [1.82, 2.24) is 25.1 Å². The summed E-state index contributed by atoms with van der Waals surface area (Å²) in [6.45, 7) is 0.822. The van der Waals surface area contributed by atoms with Crippen molar-refractivity contribution in [1.29, 1.82) is 0 Å². The van der Waals surface area contributed by atoms with Gasteiger partial charge in [-0.25, -0.2) is 9.67 Å². The van der Waals surface area contributed by atoms with Gasteiger partial charge in [0.1, 0.15) is 11.5 Å². The molecule has 0 bridgehead atoms. The third-order valence-corrected chi connectivity index (χ3v) is 4.59. The van der Waals surface area contributed by atoms with Crippen LogP contribution in [-0.2, 0) is 13.0 Å². The first-order valence-electron chi connectivity index (χ1n) is 9.53. The minimum absolute atomic E-state index is 0.226. The Balaban J connectivity index is 1.33. The molecule has 0 saturated carbocycles. The van der Waals surface area contributed by atoms with Crippen molar-refractivity contribution < 1.29 is 4.79 Å². The van der Waals surface area contributed by atoms with E-state index in [-0.39, 0.29) is 17.2 Å². The number of nitrogens with one attached hydrogen (secondary N) is 2. The van der Waals surface area contributed by atoms with E-state index >= 15 is 0 Å². The Morgan fingerprint density at radius 1 is 1.00 bits per heavy atom. The predicted octanol–water partition coefficient (Wildman–Crippen LogP) is 2.53. The second kappa shape index (κ2) is 8.52. The highest BCUT2D eigenvalue weighted by atomic mass is 16.2. The summed E-state index contributed by atoms with van der Waals surface area (Å²) in [6, 6.07) is 20.3. The van der Waals surface area contributed by atoms with Gasteiger partial charge in [-0.3, -0.25) is 9.59 Å². The standard InChI is InChI=1S/C22H21N5O2/c28-21-13-12-19(26-27(21)15-16-7-2-1-3-8-16)22(29)23-14-6-11-20-24-17-9-4-5-10-18(17)25-20/h1-5,7-10,12-13H,6,11,14-15H2,(H,23,29)(H,24,25). The molecule has 2 aromatic heterocycles. The maximum absolute atomic E-state index is 12.4. The van der Waals surface area contributed by atoms with Gasteiger partial charge >= 0.3 is 0 Å². The minimum atomic E-state index is -0.295. The lowest BCUT2D eigenvalue weighted by molar-refractivity contribution is 0.0945. The van der Waals surface area contributed by atoms with Gasteiger partial charge in [0.25, 0.3) is 11.5 Å². The van der Waals surface area contributed by atoms with Crippen molar-refractivity contribution in [2.45, 2.75) is 19.4 Å². The topological polar surface area (TPSA) is 92.7 Å². The van der Waals surface area contributed by atoms with Crippen molar-refractivity contribution in [3.05, 3.63) is 94.2 Å². The summed E-state index contributed by atoms with van der Waals surface area (Å²) in [5, 5.41) is 7.06. The third kappa shape index (κ3) is 4.57. The van der Waals surface area contributed by atoms with E-state index in [9.17, 15) is 9.59 Å².